The zero-order chi connectivity index (χ0) is 17.2. The molecule has 2 N–H and O–H groups in total. The summed E-state index contributed by atoms with van der Waals surface area (Å²) in [6.45, 7) is 4.78. The summed E-state index contributed by atoms with van der Waals surface area (Å²) in [4.78, 5) is 11.3. The molecule has 0 saturated carbocycles. The molecule has 23 heavy (non-hydrogen) atoms. The number of carbonyl (C=O) groups is 1. The molecule has 0 aromatic heterocycles. The van der Waals surface area contributed by atoms with Gasteiger partial charge in [0.2, 0.25) is 5.91 Å². The molecule has 1 aromatic rings. The van der Waals surface area contributed by atoms with Crippen molar-refractivity contribution in [1.29, 1.82) is 5.26 Å². The van der Waals surface area contributed by atoms with Gasteiger partial charge in [-0.25, -0.2) is 9.82 Å². The lowest BCUT2D eigenvalue weighted by Crippen LogP contribution is -2.32. The Morgan fingerprint density at radius 2 is 2.26 bits per heavy atom. The third kappa shape index (κ3) is 3.85. The largest absolute Gasteiger partial charge is 0.489 e. The van der Waals surface area contributed by atoms with Crippen molar-refractivity contribution in [2.45, 2.75) is 32.8 Å². The van der Waals surface area contributed by atoms with Crippen LogP contribution in [0.2, 0.25) is 0 Å². The summed E-state index contributed by atoms with van der Waals surface area (Å²) in [6, 6.07) is 4.71. The number of nitrogens with one attached hydrogen (secondary N) is 1. The molecule has 1 amide bonds. The number of rotatable bonds is 4. The SMILES string of the molecule is CC1CC(=O)NN=C1c1ccc(OCC(C)(C)O)c(C#N)c1F. The first kappa shape index (κ1) is 16.9. The first-order chi connectivity index (χ1) is 10.7. The molecular formula is C16H18FN3O3. The number of carbonyl (C=O) groups excluding carboxylic acids is 1. The number of hydrazone groups is 1. The molecule has 2 rings (SSSR count). The standard InChI is InChI=1S/C16H18FN3O3/c1-9-6-13(21)19-20-15(9)10-4-5-12(11(7-18)14(10)17)23-8-16(2,3)22/h4-5,9,22H,6,8H2,1-3H3,(H,19,21). The van der Waals surface area contributed by atoms with Gasteiger partial charge in [0.25, 0.3) is 0 Å². The number of ether oxygens (including phenoxy) is 1. The zero-order valence-corrected chi connectivity index (χ0v) is 13.2. The predicted molar refractivity (Wildman–Crippen MR) is 81.4 cm³/mol. The Morgan fingerprint density at radius 3 is 2.83 bits per heavy atom. The smallest absolute Gasteiger partial charge is 0.240 e. The molecule has 1 aliphatic rings. The van der Waals surface area contributed by atoms with Crippen LogP contribution in [0.5, 0.6) is 5.75 Å². The van der Waals surface area contributed by atoms with Crippen molar-refractivity contribution >= 4 is 11.6 Å². The van der Waals surface area contributed by atoms with Crippen LogP contribution in [-0.2, 0) is 4.79 Å². The van der Waals surface area contributed by atoms with Crippen molar-refractivity contribution in [1.82, 2.24) is 5.43 Å². The molecule has 6 nitrogen and oxygen atoms in total. The van der Waals surface area contributed by atoms with E-state index >= 15 is 0 Å². The van der Waals surface area contributed by atoms with E-state index in [9.17, 15) is 19.6 Å². The number of hydrogen-bond acceptors (Lipinski definition) is 5. The lowest BCUT2D eigenvalue weighted by atomic mass is 9.92. The van der Waals surface area contributed by atoms with Gasteiger partial charge in [-0.2, -0.15) is 10.4 Å². The van der Waals surface area contributed by atoms with E-state index in [1.165, 1.54) is 12.1 Å². The second-order valence-electron chi connectivity index (χ2n) is 6.15. The average Bonchev–Trinajstić information content (AvgIpc) is 2.45. The van der Waals surface area contributed by atoms with E-state index in [-0.39, 0.29) is 41.7 Å². The Morgan fingerprint density at radius 1 is 1.57 bits per heavy atom. The summed E-state index contributed by atoms with van der Waals surface area (Å²) < 4.78 is 20.0. The van der Waals surface area contributed by atoms with Crippen LogP contribution in [0.1, 0.15) is 38.3 Å². The molecule has 0 radical (unpaired) electrons. The Hall–Kier alpha value is -2.46. The predicted octanol–water partition coefficient (Wildman–Crippen LogP) is 1.71. The molecule has 122 valence electrons. The molecule has 0 spiro atoms. The van der Waals surface area contributed by atoms with Crippen molar-refractivity contribution < 1.29 is 19.0 Å². The van der Waals surface area contributed by atoms with Crippen LogP contribution < -0.4 is 10.2 Å². The molecule has 1 atom stereocenters. The van der Waals surface area contributed by atoms with Crippen LogP contribution >= 0.6 is 0 Å². The van der Waals surface area contributed by atoms with Gasteiger partial charge in [0.1, 0.15) is 24.0 Å². The summed E-state index contributed by atoms with van der Waals surface area (Å²) in [5, 5.41) is 22.8. The Bertz CT molecular complexity index is 702. The van der Waals surface area contributed by atoms with E-state index in [2.05, 4.69) is 10.5 Å². The van der Waals surface area contributed by atoms with E-state index < -0.39 is 11.4 Å². The van der Waals surface area contributed by atoms with Gasteiger partial charge in [0, 0.05) is 17.9 Å². The highest BCUT2D eigenvalue weighted by Crippen LogP contribution is 2.27. The average molecular weight is 319 g/mol. The molecular weight excluding hydrogens is 301 g/mol. The van der Waals surface area contributed by atoms with Crippen molar-refractivity contribution in [3.63, 3.8) is 0 Å². The van der Waals surface area contributed by atoms with Gasteiger partial charge >= 0.3 is 0 Å². The van der Waals surface area contributed by atoms with Crippen molar-refractivity contribution in [2.24, 2.45) is 11.0 Å². The number of hydrogen-bond donors (Lipinski definition) is 2. The minimum Gasteiger partial charge on any atom is -0.489 e. The van der Waals surface area contributed by atoms with Crippen LogP contribution in [0.15, 0.2) is 17.2 Å². The minimum atomic E-state index is -1.10. The van der Waals surface area contributed by atoms with E-state index in [1.807, 2.05) is 0 Å². The minimum absolute atomic E-state index is 0.0592. The van der Waals surface area contributed by atoms with Crippen LogP contribution in [0.25, 0.3) is 0 Å². The lowest BCUT2D eigenvalue weighted by molar-refractivity contribution is -0.121. The molecule has 0 saturated heterocycles. The molecule has 1 aromatic carbocycles. The Balaban J connectivity index is 2.38. The second-order valence-corrected chi connectivity index (χ2v) is 6.15. The Labute approximate surface area is 133 Å². The van der Waals surface area contributed by atoms with E-state index in [1.54, 1.807) is 26.8 Å². The van der Waals surface area contributed by atoms with E-state index in [4.69, 9.17) is 4.74 Å². The van der Waals surface area contributed by atoms with Gasteiger partial charge in [-0.1, -0.05) is 6.92 Å². The summed E-state index contributed by atoms with van der Waals surface area (Å²) in [5.74, 6) is -1.17. The summed E-state index contributed by atoms with van der Waals surface area (Å²) >= 11 is 0. The lowest BCUT2D eigenvalue weighted by Gasteiger charge is -2.21. The normalized spacial score (nSPS) is 18.0. The zero-order valence-electron chi connectivity index (χ0n) is 13.2. The summed E-state index contributed by atoms with van der Waals surface area (Å²) in [7, 11) is 0. The molecule has 1 unspecified atom stereocenters. The molecule has 1 heterocycles. The van der Waals surface area contributed by atoms with E-state index in [0.29, 0.717) is 5.71 Å². The second kappa shape index (κ2) is 6.34. The maximum Gasteiger partial charge on any atom is 0.240 e. The molecule has 7 heteroatoms. The number of amides is 1. The number of benzene rings is 1. The fourth-order valence-corrected chi connectivity index (χ4v) is 2.21. The third-order valence-corrected chi connectivity index (χ3v) is 3.33. The topological polar surface area (TPSA) is 94.7 Å². The highest BCUT2D eigenvalue weighted by Gasteiger charge is 2.26. The first-order valence-corrected chi connectivity index (χ1v) is 7.17. The van der Waals surface area contributed by atoms with Crippen molar-refractivity contribution in [2.75, 3.05) is 6.61 Å². The fourth-order valence-electron chi connectivity index (χ4n) is 2.21. The highest BCUT2D eigenvalue weighted by atomic mass is 19.1. The third-order valence-electron chi connectivity index (χ3n) is 3.33. The monoisotopic (exact) mass is 319 g/mol. The quantitative estimate of drug-likeness (QED) is 0.883. The summed E-state index contributed by atoms with van der Waals surface area (Å²) in [6.07, 6.45) is 0.205. The summed E-state index contributed by atoms with van der Waals surface area (Å²) in [5.41, 5.74) is 1.51. The number of nitriles is 1. The van der Waals surface area contributed by atoms with Crippen LogP contribution in [0, 0.1) is 23.1 Å². The maximum atomic E-state index is 14.6. The first-order valence-electron chi connectivity index (χ1n) is 7.17. The van der Waals surface area contributed by atoms with Crippen LogP contribution in [0.4, 0.5) is 4.39 Å². The van der Waals surface area contributed by atoms with Gasteiger partial charge in [-0.05, 0) is 26.0 Å². The van der Waals surface area contributed by atoms with Crippen LogP contribution in [-0.4, -0.2) is 28.9 Å². The maximum absolute atomic E-state index is 14.6. The van der Waals surface area contributed by atoms with Gasteiger partial charge in [0.05, 0.1) is 11.3 Å². The van der Waals surface area contributed by atoms with Crippen molar-refractivity contribution in [3.8, 4) is 11.8 Å². The Kier molecular flexibility index (Phi) is 4.66. The van der Waals surface area contributed by atoms with Gasteiger partial charge in [0.15, 0.2) is 5.82 Å². The molecule has 0 bridgehead atoms. The number of nitrogens with zero attached hydrogens (tertiary/aromatic N) is 2. The molecule has 1 aliphatic heterocycles. The number of halogens is 1. The van der Waals surface area contributed by atoms with E-state index in [0.717, 1.165) is 0 Å². The van der Waals surface area contributed by atoms with Crippen LogP contribution in [0.3, 0.4) is 0 Å². The molecule has 0 fully saturated rings. The van der Waals surface area contributed by atoms with Gasteiger partial charge in [-0.3, -0.25) is 4.79 Å². The highest BCUT2D eigenvalue weighted by molar-refractivity contribution is 6.06. The van der Waals surface area contributed by atoms with Crippen molar-refractivity contribution in [3.05, 3.63) is 29.1 Å². The number of aliphatic hydroxyl groups is 1. The van der Waals surface area contributed by atoms with Gasteiger partial charge < -0.3 is 9.84 Å². The molecule has 0 aliphatic carbocycles. The fraction of sp³-hybridized carbons (Fsp3) is 0.438. The van der Waals surface area contributed by atoms with Gasteiger partial charge in [-0.15, -0.1) is 0 Å².